The summed E-state index contributed by atoms with van der Waals surface area (Å²) >= 11 is 0. The van der Waals surface area contributed by atoms with Gasteiger partial charge in [-0.1, -0.05) is 42.5 Å². The highest BCUT2D eigenvalue weighted by molar-refractivity contribution is 5.79. The third-order valence-corrected chi connectivity index (χ3v) is 4.64. The van der Waals surface area contributed by atoms with E-state index in [-0.39, 0.29) is 11.9 Å². The summed E-state index contributed by atoms with van der Waals surface area (Å²) in [5.41, 5.74) is 6.27. The Balaban J connectivity index is 1.69. The molecule has 0 fully saturated rings. The summed E-state index contributed by atoms with van der Waals surface area (Å²) in [7, 11) is 0. The molecule has 0 spiro atoms. The summed E-state index contributed by atoms with van der Waals surface area (Å²) < 4.78 is 0. The molecule has 1 atom stereocenters. The Morgan fingerprint density at radius 2 is 1.95 bits per heavy atom. The van der Waals surface area contributed by atoms with E-state index in [1.807, 2.05) is 0 Å². The molecule has 22 heavy (non-hydrogen) atoms. The number of carbonyl (C=O) groups is 1. The summed E-state index contributed by atoms with van der Waals surface area (Å²) in [5, 5.41) is 3.22. The topological polar surface area (TPSA) is 29.1 Å². The largest absolute Gasteiger partial charge is 0.349 e. The first-order valence-corrected chi connectivity index (χ1v) is 8.07. The van der Waals surface area contributed by atoms with E-state index < -0.39 is 0 Å². The minimum Gasteiger partial charge on any atom is -0.349 e. The van der Waals surface area contributed by atoms with Crippen molar-refractivity contribution in [1.29, 1.82) is 0 Å². The third kappa shape index (κ3) is 3.22. The van der Waals surface area contributed by atoms with Crippen molar-refractivity contribution in [2.24, 2.45) is 0 Å². The van der Waals surface area contributed by atoms with Crippen LogP contribution < -0.4 is 5.32 Å². The van der Waals surface area contributed by atoms with Crippen LogP contribution in [-0.4, -0.2) is 5.91 Å². The lowest BCUT2D eigenvalue weighted by Crippen LogP contribution is -2.32. The van der Waals surface area contributed by atoms with Crippen molar-refractivity contribution in [3.05, 3.63) is 70.3 Å². The van der Waals surface area contributed by atoms with Gasteiger partial charge in [0.05, 0.1) is 12.5 Å². The Morgan fingerprint density at radius 3 is 2.77 bits per heavy atom. The highest BCUT2D eigenvalue weighted by atomic mass is 16.1. The number of amides is 1. The van der Waals surface area contributed by atoms with Gasteiger partial charge in [0.15, 0.2) is 0 Å². The van der Waals surface area contributed by atoms with Crippen LogP contribution in [0.25, 0.3) is 0 Å². The molecule has 2 heteroatoms. The molecule has 0 heterocycles. The molecular formula is C20H23NO. The minimum atomic E-state index is 0.116. The average Bonchev–Trinajstić information content (AvgIpc) is 2.51. The molecule has 1 aliphatic carbocycles. The number of aryl methyl sites for hydroxylation is 3. The highest BCUT2D eigenvalue weighted by Gasteiger charge is 2.21. The van der Waals surface area contributed by atoms with Gasteiger partial charge in [-0.3, -0.25) is 4.79 Å². The summed E-state index contributed by atoms with van der Waals surface area (Å²) in [6.07, 6.45) is 3.76. The molecule has 1 aliphatic rings. The molecule has 114 valence electrons. The zero-order valence-corrected chi connectivity index (χ0v) is 13.4. The maximum Gasteiger partial charge on any atom is 0.224 e. The van der Waals surface area contributed by atoms with Gasteiger partial charge in [-0.2, -0.15) is 0 Å². The standard InChI is InChI=1S/C20H23NO/c1-14-10-11-16(12-15(14)2)13-20(22)21-19-9-5-7-17-6-3-4-8-18(17)19/h3-4,6,8,10-12,19H,5,7,9,13H2,1-2H3,(H,21,22)/t19-/m1/s1. The number of hydrogen-bond donors (Lipinski definition) is 1. The second kappa shape index (κ2) is 6.35. The van der Waals surface area contributed by atoms with Crippen LogP contribution in [0, 0.1) is 13.8 Å². The second-order valence-corrected chi connectivity index (χ2v) is 6.31. The van der Waals surface area contributed by atoms with E-state index in [1.54, 1.807) is 0 Å². The van der Waals surface area contributed by atoms with Gasteiger partial charge in [0, 0.05) is 0 Å². The monoisotopic (exact) mass is 293 g/mol. The SMILES string of the molecule is Cc1ccc(CC(=O)N[C@@H]2CCCc3ccccc32)cc1C. The predicted octanol–water partition coefficient (Wildman–Crippen LogP) is 4.04. The van der Waals surface area contributed by atoms with Crippen LogP contribution in [0.3, 0.4) is 0 Å². The highest BCUT2D eigenvalue weighted by Crippen LogP contribution is 2.29. The Morgan fingerprint density at radius 1 is 1.14 bits per heavy atom. The molecule has 0 aliphatic heterocycles. The van der Waals surface area contributed by atoms with Crippen LogP contribution in [0.15, 0.2) is 42.5 Å². The molecule has 3 rings (SSSR count). The van der Waals surface area contributed by atoms with Crippen molar-refractivity contribution < 1.29 is 4.79 Å². The van der Waals surface area contributed by atoms with Crippen LogP contribution in [0.1, 0.15) is 46.7 Å². The number of nitrogens with one attached hydrogen (secondary N) is 1. The van der Waals surface area contributed by atoms with E-state index in [1.165, 1.54) is 22.3 Å². The van der Waals surface area contributed by atoms with E-state index in [0.717, 1.165) is 24.8 Å². The van der Waals surface area contributed by atoms with Gasteiger partial charge in [-0.15, -0.1) is 0 Å². The molecule has 0 saturated carbocycles. The lowest BCUT2D eigenvalue weighted by molar-refractivity contribution is -0.121. The molecule has 2 aromatic carbocycles. The summed E-state index contributed by atoms with van der Waals surface area (Å²) in [6, 6.07) is 14.9. The minimum absolute atomic E-state index is 0.116. The van der Waals surface area contributed by atoms with Crippen LogP contribution in [0.2, 0.25) is 0 Å². The Bertz CT molecular complexity index is 690. The number of benzene rings is 2. The van der Waals surface area contributed by atoms with Gasteiger partial charge in [0.1, 0.15) is 0 Å². The molecule has 2 nitrogen and oxygen atoms in total. The molecule has 0 aromatic heterocycles. The molecule has 1 amide bonds. The quantitative estimate of drug-likeness (QED) is 0.909. The molecule has 0 unspecified atom stereocenters. The van der Waals surface area contributed by atoms with Crippen molar-refractivity contribution in [2.75, 3.05) is 0 Å². The third-order valence-electron chi connectivity index (χ3n) is 4.64. The number of rotatable bonds is 3. The van der Waals surface area contributed by atoms with Crippen LogP contribution in [-0.2, 0) is 17.6 Å². The van der Waals surface area contributed by atoms with E-state index in [2.05, 4.69) is 61.6 Å². The number of carbonyl (C=O) groups excluding carboxylic acids is 1. The van der Waals surface area contributed by atoms with Crippen molar-refractivity contribution in [1.82, 2.24) is 5.32 Å². The summed E-state index contributed by atoms with van der Waals surface area (Å²) in [5.74, 6) is 0.116. The zero-order valence-electron chi connectivity index (χ0n) is 13.4. The van der Waals surface area contributed by atoms with Crippen LogP contribution >= 0.6 is 0 Å². The molecule has 0 saturated heterocycles. The fraction of sp³-hybridized carbons (Fsp3) is 0.350. The maximum atomic E-state index is 12.4. The van der Waals surface area contributed by atoms with Crippen LogP contribution in [0.4, 0.5) is 0 Å². The molecular weight excluding hydrogens is 270 g/mol. The van der Waals surface area contributed by atoms with Crippen molar-refractivity contribution in [3.63, 3.8) is 0 Å². The van der Waals surface area contributed by atoms with E-state index in [0.29, 0.717) is 6.42 Å². The van der Waals surface area contributed by atoms with Gasteiger partial charge in [0.2, 0.25) is 5.91 Å². The van der Waals surface area contributed by atoms with Gasteiger partial charge in [-0.05, 0) is 60.9 Å². The van der Waals surface area contributed by atoms with Crippen molar-refractivity contribution in [2.45, 2.75) is 45.6 Å². The fourth-order valence-electron chi connectivity index (χ4n) is 3.25. The van der Waals surface area contributed by atoms with Gasteiger partial charge < -0.3 is 5.32 Å². The first kappa shape index (κ1) is 14.8. The smallest absolute Gasteiger partial charge is 0.224 e. The number of fused-ring (bicyclic) bond motifs is 1. The van der Waals surface area contributed by atoms with Gasteiger partial charge >= 0.3 is 0 Å². The molecule has 0 radical (unpaired) electrons. The number of hydrogen-bond acceptors (Lipinski definition) is 1. The first-order chi connectivity index (χ1) is 10.6. The fourth-order valence-corrected chi connectivity index (χ4v) is 3.25. The molecule has 0 bridgehead atoms. The summed E-state index contributed by atoms with van der Waals surface area (Å²) in [6.45, 7) is 4.19. The first-order valence-electron chi connectivity index (χ1n) is 8.07. The predicted molar refractivity (Wildman–Crippen MR) is 89.9 cm³/mol. The van der Waals surface area contributed by atoms with Gasteiger partial charge in [-0.25, -0.2) is 0 Å². The maximum absolute atomic E-state index is 12.4. The van der Waals surface area contributed by atoms with E-state index in [4.69, 9.17) is 0 Å². The Labute approximate surface area is 132 Å². The molecule has 1 N–H and O–H groups in total. The second-order valence-electron chi connectivity index (χ2n) is 6.31. The van der Waals surface area contributed by atoms with Crippen molar-refractivity contribution in [3.8, 4) is 0 Å². The Hall–Kier alpha value is -2.09. The van der Waals surface area contributed by atoms with Crippen molar-refractivity contribution >= 4 is 5.91 Å². The van der Waals surface area contributed by atoms with Crippen LogP contribution in [0.5, 0.6) is 0 Å². The van der Waals surface area contributed by atoms with E-state index >= 15 is 0 Å². The lowest BCUT2D eigenvalue weighted by atomic mass is 9.87. The zero-order chi connectivity index (χ0) is 15.5. The summed E-state index contributed by atoms with van der Waals surface area (Å²) in [4.78, 5) is 12.4. The molecule has 2 aromatic rings. The normalized spacial score (nSPS) is 16.9. The van der Waals surface area contributed by atoms with Gasteiger partial charge in [0.25, 0.3) is 0 Å². The lowest BCUT2D eigenvalue weighted by Gasteiger charge is -2.26. The average molecular weight is 293 g/mol. The van der Waals surface area contributed by atoms with E-state index in [9.17, 15) is 4.79 Å². The Kier molecular flexibility index (Phi) is 4.28.